The van der Waals surface area contributed by atoms with Crippen LogP contribution in [0.4, 0.5) is 4.79 Å². The van der Waals surface area contributed by atoms with E-state index in [0.717, 1.165) is 12.0 Å². The van der Waals surface area contributed by atoms with Gasteiger partial charge in [0.2, 0.25) is 5.91 Å². The molecule has 6 heteroatoms. The minimum atomic E-state index is -0.309. The molecule has 0 N–H and O–H groups in total. The van der Waals surface area contributed by atoms with Gasteiger partial charge in [-0.2, -0.15) is 0 Å². The van der Waals surface area contributed by atoms with Gasteiger partial charge in [-0.05, 0) is 31.7 Å². The number of benzene rings is 1. The molecule has 1 aromatic rings. The van der Waals surface area contributed by atoms with E-state index in [1.807, 2.05) is 44.2 Å². The van der Waals surface area contributed by atoms with Gasteiger partial charge in [0.15, 0.2) is 0 Å². The van der Waals surface area contributed by atoms with Gasteiger partial charge in [-0.3, -0.25) is 4.79 Å². The first-order chi connectivity index (χ1) is 11.5. The van der Waals surface area contributed by atoms with Gasteiger partial charge in [-0.15, -0.1) is 11.6 Å². The summed E-state index contributed by atoms with van der Waals surface area (Å²) in [6, 6.07) is 9.68. The maximum Gasteiger partial charge on any atom is 0.410 e. The van der Waals surface area contributed by atoms with Crippen molar-refractivity contribution >= 4 is 23.6 Å². The molecule has 0 radical (unpaired) electrons. The summed E-state index contributed by atoms with van der Waals surface area (Å²) in [5, 5.41) is 0. The summed E-state index contributed by atoms with van der Waals surface area (Å²) in [7, 11) is 0. The standard InChI is InChI=1S/C18H25ClN2O3/c1-14(2)21(12-16-8-9-20(11-16)17(22)10-19)18(23)24-13-15-6-4-3-5-7-15/h3-7,14,16H,8-13H2,1-2H3/t16-/m0/s1. The highest BCUT2D eigenvalue weighted by molar-refractivity contribution is 6.27. The van der Waals surface area contributed by atoms with Crippen molar-refractivity contribution in [3.05, 3.63) is 35.9 Å². The molecule has 1 aromatic carbocycles. The Morgan fingerprint density at radius 2 is 2.04 bits per heavy atom. The molecule has 1 fully saturated rings. The normalized spacial score (nSPS) is 17.2. The highest BCUT2D eigenvalue weighted by Crippen LogP contribution is 2.20. The van der Waals surface area contributed by atoms with Gasteiger partial charge in [0.1, 0.15) is 12.5 Å². The number of hydrogen-bond acceptors (Lipinski definition) is 3. The van der Waals surface area contributed by atoms with Crippen LogP contribution >= 0.6 is 11.6 Å². The van der Waals surface area contributed by atoms with Crippen LogP contribution in [0.5, 0.6) is 0 Å². The zero-order valence-corrected chi connectivity index (χ0v) is 15.0. The van der Waals surface area contributed by atoms with E-state index >= 15 is 0 Å². The number of carbonyl (C=O) groups is 2. The Bertz CT molecular complexity index is 550. The second-order valence-corrected chi connectivity index (χ2v) is 6.68. The number of amides is 2. The highest BCUT2D eigenvalue weighted by Gasteiger charge is 2.30. The van der Waals surface area contributed by atoms with Crippen LogP contribution in [0.15, 0.2) is 30.3 Å². The van der Waals surface area contributed by atoms with Gasteiger partial charge >= 0.3 is 6.09 Å². The first-order valence-electron chi connectivity index (χ1n) is 8.32. The molecule has 24 heavy (non-hydrogen) atoms. The van der Waals surface area contributed by atoms with Crippen LogP contribution in [0.25, 0.3) is 0 Å². The fourth-order valence-electron chi connectivity index (χ4n) is 2.87. The molecule has 1 atom stereocenters. The number of halogens is 1. The Morgan fingerprint density at radius 3 is 2.67 bits per heavy atom. The maximum atomic E-state index is 12.4. The molecule has 0 unspecified atom stereocenters. The smallest absolute Gasteiger partial charge is 0.410 e. The molecule has 0 aliphatic carbocycles. The van der Waals surface area contributed by atoms with E-state index in [9.17, 15) is 9.59 Å². The van der Waals surface area contributed by atoms with Crippen molar-refractivity contribution < 1.29 is 14.3 Å². The van der Waals surface area contributed by atoms with E-state index in [2.05, 4.69) is 0 Å². The van der Waals surface area contributed by atoms with Crippen LogP contribution in [-0.4, -0.2) is 53.4 Å². The number of nitrogens with zero attached hydrogens (tertiary/aromatic N) is 2. The van der Waals surface area contributed by atoms with Crippen molar-refractivity contribution in [3.63, 3.8) is 0 Å². The number of alkyl halides is 1. The molecule has 0 saturated carbocycles. The van der Waals surface area contributed by atoms with Gasteiger partial charge < -0.3 is 14.5 Å². The van der Waals surface area contributed by atoms with E-state index < -0.39 is 0 Å². The topological polar surface area (TPSA) is 49.9 Å². The van der Waals surface area contributed by atoms with Crippen LogP contribution in [0, 0.1) is 5.92 Å². The fraction of sp³-hybridized carbons (Fsp3) is 0.556. The largest absolute Gasteiger partial charge is 0.445 e. The number of carbonyl (C=O) groups excluding carboxylic acids is 2. The zero-order valence-electron chi connectivity index (χ0n) is 14.3. The third kappa shape index (κ3) is 5.13. The minimum absolute atomic E-state index is 0.0136. The fourth-order valence-corrected chi connectivity index (χ4v) is 3.04. The Hall–Kier alpha value is -1.75. The predicted octanol–water partition coefficient (Wildman–Crippen LogP) is 3.12. The predicted molar refractivity (Wildman–Crippen MR) is 93.9 cm³/mol. The number of ether oxygens (including phenoxy) is 1. The molecule has 0 aromatic heterocycles. The summed E-state index contributed by atoms with van der Waals surface area (Å²) in [6.07, 6.45) is 0.577. The lowest BCUT2D eigenvalue weighted by Crippen LogP contribution is -2.41. The van der Waals surface area contributed by atoms with Crippen molar-refractivity contribution in [1.29, 1.82) is 0 Å². The van der Waals surface area contributed by atoms with E-state index in [0.29, 0.717) is 19.6 Å². The van der Waals surface area contributed by atoms with Crippen molar-refractivity contribution in [1.82, 2.24) is 9.80 Å². The van der Waals surface area contributed by atoms with E-state index in [1.54, 1.807) is 9.80 Å². The van der Waals surface area contributed by atoms with Crippen LogP contribution in [0.1, 0.15) is 25.8 Å². The van der Waals surface area contributed by atoms with Gasteiger partial charge in [0, 0.05) is 25.7 Å². The second kappa shape index (κ2) is 8.92. The maximum absolute atomic E-state index is 12.4. The summed E-state index contributed by atoms with van der Waals surface area (Å²) in [4.78, 5) is 27.6. The lowest BCUT2D eigenvalue weighted by Gasteiger charge is -2.28. The van der Waals surface area contributed by atoms with Crippen molar-refractivity contribution in [2.24, 2.45) is 5.92 Å². The molecule has 1 aliphatic heterocycles. The van der Waals surface area contributed by atoms with Crippen LogP contribution in [-0.2, 0) is 16.1 Å². The summed E-state index contributed by atoms with van der Waals surface area (Å²) in [5.41, 5.74) is 0.967. The number of hydrogen-bond donors (Lipinski definition) is 0. The molecule has 0 spiro atoms. The van der Waals surface area contributed by atoms with Crippen LogP contribution < -0.4 is 0 Å². The van der Waals surface area contributed by atoms with Gasteiger partial charge in [0.25, 0.3) is 0 Å². The SMILES string of the molecule is CC(C)N(C[C@H]1CCN(C(=O)CCl)C1)C(=O)OCc1ccccc1. The molecule has 2 amide bonds. The molecular weight excluding hydrogens is 328 g/mol. The molecule has 1 saturated heterocycles. The summed E-state index contributed by atoms with van der Waals surface area (Å²) >= 11 is 5.61. The monoisotopic (exact) mass is 352 g/mol. The molecule has 1 aliphatic rings. The Kier molecular flexibility index (Phi) is 6.91. The zero-order chi connectivity index (χ0) is 17.5. The molecule has 2 rings (SSSR count). The number of rotatable bonds is 6. The molecule has 0 bridgehead atoms. The first kappa shape index (κ1) is 18.6. The third-order valence-corrected chi connectivity index (χ3v) is 4.50. The molecule has 5 nitrogen and oxygen atoms in total. The second-order valence-electron chi connectivity index (χ2n) is 6.41. The summed E-state index contributed by atoms with van der Waals surface area (Å²) in [5.74, 6) is 0.241. The van der Waals surface area contributed by atoms with Crippen LogP contribution in [0.3, 0.4) is 0 Å². The number of likely N-dealkylation sites (tertiary alicyclic amines) is 1. The van der Waals surface area contributed by atoms with Crippen molar-refractivity contribution in [2.75, 3.05) is 25.5 Å². The van der Waals surface area contributed by atoms with Crippen LogP contribution in [0.2, 0.25) is 0 Å². The van der Waals surface area contributed by atoms with Crippen molar-refractivity contribution in [3.8, 4) is 0 Å². The highest BCUT2D eigenvalue weighted by atomic mass is 35.5. The first-order valence-corrected chi connectivity index (χ1v) is 8.85. The molecule has 132 valence electrons. The lowest BCUT2D eigenvalue weighted by molar-refractivity contribution is -0.127. The van der Waals surface area contributed by atoms with Gasteiger partial charge in [-0.25, -0.2) is 4.79 Å². The third-order valence-electron chi connectivity index (χ3n) is 4.27. The van der Waals surface area contributed by atoms with E-state index in [1.165, 1.54) is 0 Å². The Labute approximate surface area is 148 Å². The molecule has 1 heterocycles. The molecular formula is C18H25ClN2O3. The average molecular weight is 353 g/mol. The van der Waals surface area contributed by atoms with E-state index in [4.69, 9.17) is 16.3 Å². The average Bonchev–Trinajstić information content (AvgIpc) is 3.06. The lowest BCUT2D eigenvalue weighted by atomic mass is 10.1. The quantitative estimate of drug-likeness (QED) is 0.739. The van der Waals surface area contributed by atoms with E-state index in [-0.39, 0.29) is 36.4 Å². The van der Waals surface area contributed by atoms with Gasteiger partial charge in [-0.1, -0.05) is 30.3 Å². The Morgan fingerprint density at radius 1 is 1.33 bits per heavy atom. The van der Waals surface area contributed by atoms with Crippen molar-refractivity contribution in [2.45, 2.75) is 32.9 Å². The summed E-state index contributed by atoms with van der Waals surface area (Å²) < 4.78 is 5.44. The minimum Gasteiger partial charge on any atom is -0.445 e. The van der Waals surface area contributed by atoms with Gasteiger partial charge in [0.05, 0.1) is 0 Å². The summed E-state index contributed by atoms with van der Waals surface area (Å²) in [6.45, 7) is 6.17. The Balaban J connectivity index is 1.87.